The summed E-state index contributed by atoms with van der Waals surface area (Å²) in [6.07, 6.45) is 0. The van der Waals surface area contributed by atoms with Crippen LogP contribution in [0, 0.1) is 17.1 Å². The first-order valence-electron chi connectivity index (χ1n) is 8.77. The molecule has 1 unspecified atom stereocenters. The first-order valence-corrected chi connectivity index (χ1v) is 8.77. The Morgan fingerprint density at radius 1 is 1.29 bits per heavy atom. The van der Waals surface area contributed by atoms with E-state index in [0.29, 0.717) is 29.2 Å². The van der Waals surface area contributed by atoms with Crippen LogP contribution in [0.15, 0.2) is 60.0 Å². The molecule has 7 heteroatoms. The molecule has 0 saturated carbocycles. The second kappa shape index (κ2) is 7.08. The number of nitriles is 1. The Kier molecular flexibility index (Phi) is 4.45. The van der Waals surface area contributed by atoms with Crippen LogP contribution in [-0.2, 0) is 0 Å². The highest BCUT2D eigenvalue weighted by molar-refractivity contribution is 5.71. The van der Waals surface area contributed by atoms with Crippen molar-refractivity contribution in [2.24, 2.45) is 5.73 Å². The molecule has 0 amide bonds. The lowest BCUT2D eigenvalue weighted by atomic mass is 9.83. The maximum absolute atomic E-state index is 13.9. The number of aromatic nitrogens is 2. The standard InChI is InChI=1S/C21H17FN4O2/c1-2-27-15-8-4-6-13(10-15)19-18-17(12-5-3-7-14(22)9-12)16(11-23)20(24)28-21(18)26-25-19/h3-10,17H,2,24H2,1H3,(H,25,26). The van der Waals surface area contributed by atoms with Gasteiger partial charge in [-0.1, -0.05) is 24.3 Å². The van der Waals surface area contributed by atoms with Gasteiger partial charge in [0.25, 0.3) is 0 Å². The topological polar surface area (TPSA) is 97.0 Å². The number of benzene rings is 2. The minimum atomic E-state index is -0.603. The second-order valence-electron chi connectivity index (χ2n) is 6.26. The van der Waals surface area contributed by atoms with Gasteiger partial charge in [-0.2, -0.15) is 5.26 Å². The summed E-state index contributed by atoms with van der Waals surface area (Å²) >= 11 is 0. The van der Waals surface area contributed by atoms with Crippen molar-refractivity contribution in [2.45, 2.75) is 12.8 Å². The lowest BCUT2D eigenvalue weighted by Gasteiger charge is -2.24. The summed E-state index contributed by atoms with van der Waals surface area (Å²) < 4.78 is 25.1. The van der Waals surface area contributed by atoms with E-state index >= 15 is 0 Å². The summed E-state index contributed by atoms with van der Waals surface area (Å²) in [5, 5.41) is 16.9. The van der Waals surface area contributed by atoms with Crippen LogP contribution in [0.25, 0.3) is 11.3 Å². The highest BCUT2D eigenvalue weighted by Crippen LogP contribution is 2.45. The fourth-order valence-corrected chi connectivity index (χ4v) is 3.39. The van der Waals surface area contributed by atoms with Crippen molar-refractivity contribution in [3.63, 3.8) is 0 Å². The van der Waals surface area contributed by atoms with Gasteiger partial charge in [0.1, 0.15) is 23.2 Å². The van der Waals surface area contributed by atoms with E-state index < -0.39 is 11.7 Å². The smallest absolute Gasteiger partial charge is 0.244 e. The lowest BCUT2D eigenvalue weighted by Crippen LogP contribution is -2.21. The van der Waals surface area contributed by atoms with Gasteiger partial charge in [-0.05, 0) is 36.8 Å². The number of ether oxygens (including phenoxy) is 2. The molecule has 3 N–H and O–H groups in total. The van der Waals surface area contributed by atoms with Crippen LogP contribution in [-0.4, -0.2) is 16.8 Å². The van der Waals surface area contributed by atoms with Crippen LogP contribution in [0.3, 0.4) is 0 Å². The molecule has 1 aliphatic heterocycles. The molecule has 1 atom stereocenters. The number of nitrogens with zero attached hydrogens (tertiary/aromatic N) is 2. The monoisotopic (exact) mass is 376 g/mol. The second-order valence-corrected chi connectivity index (χ2v) is 6.26. The third kappa shape index (κ3) is 2.95. The van der Waals surface area contributed by atoms with Crippen molar-refractivity contribution in [3.05, 3.63) is 76.9 Å². The van der Waals surface area contributed by atoms with Gasteiger partial charge in [-0.25, -0.2) is 4.39 Å². The molecule has 0 fully saturated rings. The van der Waals surface area contributed by atoms with Gasteiger partial charge in [0.05, 0.1) is 23.8 Å². The van der Waals surface area contributed by atoms with E-state index in [2.05, 4.69) is 16.3 Å². The van der Waals surface area contributed by atoms with E-state index in [0.717, 1.165) is 5.56 Å². The minimum absolute atomic E-state index is 0.0367. The van der Waals surface area contributed by atoms with Gasteiger partial charge in [0.15, 0.2) is 0 Å². The fourth-order valence-electron chi connectivity index (χ4n) is 3.39. The molecule has 0 saturated heterocycles. The number of fused-ring (bicyclic) bond motifs is 1. The Hall–Kier alpha value is -3.79. The molecule has 140 valence electrons. The summed E-state index contributed by atoms with van der Waals surface area (Å²) in [5.74, 6) is -0.0651. The minimum Gasteiger partial charge on any atom is -0.494 e. The molecule has 2 aromatic carbocycles. The Balaban J connectivity index is 1.91. The molecule has 6 nitrogen and oxygen atoms in total. The largest absolute Gasteiger partial charge is 0.494 e. The molecule has 0 radical (unpaired) electrons. The Morgan fingerprint density at radius 2 is 2.11 bits per heavy atom. The van der Waals surface area contributed by atoms with Crippen LogP contribution in [0.4, 0.5) is 4.39 Å². The number of hydrogen-bond donors (Lipinski definition) is 2. The molecule has 0 spiro atoms. The molecule has 4 rings (SSSR count). The molecule has 1 aromatic heterocycles. The van der Waals surface area contributed by atoms with E-state index in [4.69, 9.17) is 15.2 Å². The normalized spacial score (nSPS) is 15.5. The maximum Gasteiger partial charge on any atom is 0.244 e. The zero-order valence-electron chi connectivity index (χ0n) is 15.1. The Labute approximate surface area is 161 Å². The first kappa shape index (κ1) is 17.6. The van der Waals surface area contributed by atoms with Crippen molar-refractivity contribution >= 4 is 0 Å². The molecular weight excluding hydrogens is 359 g/mol. The number of nitrogens with one attached hydrogen (secondary N) is 1. The molecule has 2 heterocycles. The predicted molar refractivity (Wildman–Crippen MR) is 101 cm³/mol. The van der Waals surface area contributed by atoms with E-state index in [-0.39, 0.29) is 17.3 Å². The zero-order valence-corrected chi connectivity index (χ0v) is 15.1. The number of rotatable bonds is 4. The van der Waals surface area contributed by atoms with Crippen molar-refractivity contribution in [1.29, 1.82) is 5.26 Å². The Bertz CT molecular complexity index is 1110. The molecule has 3 aromatic rings. The van der Waals surface area contributed by atoms with E-state index in [1.54, 1.807) is 12.1 Å². The number of aromatic amines is 1. The number of hydrogen-bond acceptors (Lipinski definition) is 5. The third-order valence-corrected chi connectivity index (χ3v) is 4.55. The van der Waals surface area contributed by atoms with Crippen LogP contribution in [0.2, 0.25) is 0 Å². The number of allylic oxidation sites excluding steroid dienone is 1. The van der Waals surface area contributed by atoms with E-state index in [1.165, 1.54) is 12.1 Å². The van der Waals surface area contributed by atoms with Gasteiger partial charge in [0, 0.05) is 5.56 Å². The van der Waals surface area contributed by atoms with Crippen LogP contribution in [0.1, 0.15) is 24.0 Å². The molecule has 1 aliphatic rings. The van der Waals surface area contributed by atoms with Crippen LogP contribution in [0.5, 0.6) is 11.6 Å². The molecule has 28 heavy (non-hydrogen) atoms. The molecular formula is C21H17FN4O2. The highest BCUT2D eigenvalue weighted by Gasteiger charge is 2.35. The average molecular weight is 376 g/mol. The van der Waals surface area contributed by atoms with Crippen LogP contribution >= 0.6 is 0 Å². The SMILES string of the molecule is CCOc1cccc(-c2[nH]nc3c2C(c2cccc(F)c2)C(C#N)=C(N)O3)c1. The van der Waals surface area contributed by atoms with Gasteiger partial charge < -0.3 is 15.2 Å². The molecule has 0 bridgehead atoms. The average Bonchev–Trinajstić information content (AvgIpc) is 3.10. The van der Waals surface area contributed by atoms with Gasteiger partial charge >= 0.3 is 0 Å². The maximum atomic E-state index is 13.9. The Morgan fingerprint density at radius 3 is 2.86 bits per heavy atom. The lowest BCUT2D eigenvalue weighted by molar-refractivity contribution is 0.340. The highest BCUT2D eigenvalue weighted by atomic mass is 19.1. The van der Waals surface area contributed by atoms with Crippen molar-refractivity contribution in [3.8, 4) is 29.0 Å². The van der Waals surface area contributed by atoms with Gasteiger partial charge in [-0.3, -0.25) is 5.10 Å². The summed E-state index contributed by atoms with van der Waals surface area (Å²) in [7, 11) is 0. The quantitative estimate of drug-likeness (QED) is 0.721. The first-order chi connectivity index (χ1) is 13.6. The van der Waals surface area contributed by atoms with E-state index in [1.807, 2.05) is 31.2 Å². The van der Waals surface area contributed by atoms with E-state index in [9.17, 15) is 9.65 Å². The number of halogens is 1. The van der Waals surface area contributed by atoms with Crippen molar-refractivity contribution in [1.82, 2.24) is 10.2 Å². The summed E-state index contributed by atoms with van der Waals surface area (Å²) in [6, 6.07) is 15.7. The van der Waals surface area contributed by atoms with Crippen molar-refractivity contribution < 1.29 is 13.9 Å². The summed E-state index contributed by atoms with van der Waals surface area (Å²) in [6.45, 7) is 2.45. The molecule has 0 aliphatic carbocycles. The van der Waals surface area contributed by atoms with Crippen molar-refractivity contribution in [2.75, 3.05) is 6.61 Å². The zero-order chi connectivity index (χ0) is 19.7. The fraction of sp³-hybridized carbons (Fsp3) is 0.143. The van der Waals surface area contributed by atoms with Crippen LogP contribution < -0.4 is 15.2 Å². The predicted octanol–water partition coefficient (Wildman–Crippen LogP) is 3.83. The van der Waals surface area contributed by atoms with Gasteiger partial charge in [-0.15, -0.1) is 5.10 Å². The van der Waals surface area contributed by atoms with Gasteiger partial charge in [0.2, 0.25) is 11.8 Å². The number of nitrogens with two attached hydrogens (primary N) is 1. The number of H-pyrrole nitrogens is 1. The third-order valence-electron chi connectivity index (χ3n) is 4.55. The summed E-state index contributed by atoms with van der Waals surface area (Å²) in [5.41, 5.74) is 8.85. The summed E-state index contributed by atoms with van der Waals surface area (Å²) in [4.78, 5) is 0.